The molecule has 32 heavy (non-hydrogen) atoms. The lowest BCUT2D eigenvalue weighted by Gasteiger charge is -2.10. The zero-order valence-electron chi connectivity index (χ0n) is 16.9. The molecule has 0 fully saturated rings. The van der Waals surface area contributed by atoms with Crippen molar-refractivity contribution in [2.24, 2.45) is 0 Å². The molecule has 0 bridgehead atoms. The molecule has 3 rings (SSSR count). The molecule has 0 unspecified atom stereocenters. The molecule has 0 atom stereocenters. The number of para-hydroxylation sites is 1. The van der Waals surface area contributed by atoms with Gasteiger partial charge >= 0.3 is 6.61 Å². The van der Waals surface area contributed by atoms with Gasteiger partial charge in [-0.15, -0.1) is 0 Å². The maximum absolute atomic E-state index is 12.5. The first-order chi connectivity index (χ1) is 15.5. The fourth-order valence-electron chi connectivity index (χ4n) is 2.71. The fourth-order valence-corrected chi connectivity index (χ4v) is 2.71. The highest BCUT2D eigenvalue weighted by Crippen LogP contribution is 2.30. The highest BCUT2D eigenvalue weighted by Gasteiger charge is 2.13. The lowest BCUT2D eigenvalue weighted by Crippen LogP contribution is -2.13. The summed E-state index contributed by atoms with van der Waals surface area (Å²) in [6.45, 7) is -3.00. The molecule has 0 aliphatic heterocycles. The van der Waals surface area contributed by atoms with Gasteiger partial charge in [0.05, 0.1) is 7.11 Å². The number of ether oxygens (including phenoxy) is 3. The Kier molecular flexibility index (Phi) is 7.38. The summed E-state index contributed by atoms with van der Waals surface area (Å²) in [5.74, 6) is 0.533. The number of nitrogens with zero attached hydrogens (tertiary/aromatic N) is 1. The second-order valence-corrected chi connectivity index (χ2v) is 6.35. The number of nitriles is 1. The monoisotopic (exact) mass is 436 g/mol. The van der Waals surface area contributed by atoms with E-state index in [9.17, 15) is 18.8 Å². The van der Waals surface area contributed by atoms with Crippen LogP contribution in [0.15, 0.2) is 78.4 Å². The number of hydrogen-bond donors (Lipinski definition) is 1. The van der Waals surface area contributed by atoms with Crippen molar-refractivity contribution in [2.75, 3.05) is 12.4 Å². The molecule has 3 aromatic carbocycles. The number of carbonyl (C=O) groups is 1. The van der Waals surface area contributed by atoms with Crippen molar-refractivity contribution in [3.63, 3.8) is 0 Å². The smallest absolute Gasteiger partial charge is 0.387 e. The summed E-state index contributed by atoms with van der Waals surface area (Å²) >= 11 is 0. The summed E-state index contributed by atoms with van der Waals surface area (Å²) in [6.07, 6.45) is 1.32. The average Bonchev–Trinajstić information content (AvgIpc) is 2.79. The molecule has 0 heterocycles. The predicted molar refractivity (Wildman–Crippen MR) is 115 cm³/mol. The minimum Gasteiger partial charge on any atom is -0.493 e. The molecule has 6 nitrogen and oxygen atoms in total. The van der Waals surface area contributed by atoms with Crippen molar-refractivity contribution in [1.29, 1.82) is 5.26 Å². The second-order valence-electron chi connectivity index (χ2n) is 6.35. The molecule has 0 aliphatic carbocycles. The maximum Gasteiger partial charge on any atom is 0.387 e. The number of alkyl halides is 2. The van der Waals surface area contributed by atoms with Crippen molar-refractivity contribution in [3.05, 3.63) is 83.9 Å². The summed E-state index contributed by atoms with van der Waals surface area (Å²) in [6, 6.07) is 21.8. The number of rotatable bonds is 8. The molecule has 0 radical (unpaired) electrons. The van der Waals surface area contributed by atoms with Gasteiger partial charge in [-0.25, -0.2) is 0 Å². The van der Waals surface area contributed by atoms with Crippen molar-refractivity contribution in [3.8, 4) is 29.1 Å². The van der Waals surface area contributed by atoms with Gasteiger partial charge in [0.25, 0.3) is 5.91 Å². The van der Waals surface area contributed by atoms with Gasteiger partial charge in [-0.1, -0.05) is 24.3 Å². The van der Waals surface area contributed by atoms with Gasteiger partial charge < -0.3 is 19.5 Å². The van der Waals surface area contributed by atoms with E-state index in [2.05, 4.69) is 10.1 Å². The van der Waals surface area contributed by atoms with E-state index in [1.54, 1.807) is 24.3 Å². The van der Waals surface area contributed by atoms with Crippen molar-refractivity contribution in [2.45, 2.75) is 6.61 Å². The molecule has 1 amide bonds. The number of hydrogen-bond acceptors (Lipinski definition) is 5. The fraction of sp³-hybridized carbons (Fsp3) is 0.0833. The van der Waals surface area contributed by atoms with Crippen LogP contribution in [0.5, 0.6) is 23.0 Å². The van der Waals surface area contributed by atoms with Crippen LogP contribution in [0.25, 0.3) is 6.08 Å². The summed E-state index contributed by atoms with van der Waals surface area (Å²) in [7, 11) is 1.30. The Morgan fingerprint density at radius 2 is 1.69 bits per heavy atom. The number of carbonyl (C=O) groups excluding carboxylic acids is 1. The van der Waals surface area contributed by atoms with Gasteiger partial charge in [0.2, 0.25) is 0 Å². The number of nitrogens with one attached hydrogen (secondary N) is 1. The average molecular weight is 436 g/mol. The Labute approximate surface area is 183 Å². The topological polar surface area (TPSA) is 80.6 Å². The Morgan fingerprint density at radius 1 is 1.00 bits per heavy atom. The van der Waals surface area contributed by atoms with E-state index < -0.39 is 12.5 Å². The van der Waals surface area contributed by atoms with E-state index in [0.29, 0.717) is 22.7 Å². The molecule has 0 aromatic heterocycles. The van der Waals surface area contributed by atoms with E-state index in [0.717, 1.165) is 0 Å². The minimum atomic E-state index is -3.00. The van der Waals surface area contributed by atoms with E-state index in [4.69, 9.17) is 9.47 Å². The van der Waals surface area contributed by atoms with Gasteiger partial charge in [0, 0.05) is 5.69 Å². The standard InChI is InChI=1S/C24H18F2N2O4/c1-30-22-14-16(7-12-21(22)32-24(25)26)13-17(15-27)23(29)28-18-8-10-20(11-9-18)31-19-5-3-2-4-6-19/h2-14,24H,1H3,(H,28,29)/b17-13-. The Balaban J connectivity index is 1.70. The lowest BCUT2D eigenvalue weighted by atomic mass is 10.1. The van der Waals surface area contributed by atoms with Gasteiger partial charge in [0.15, 0.2) is 11.5 Å². The predicted octanol–water partition coefficient (Wildman–Crippen LogP) is 5.63. The third kappa shape index (κ3) is 6.06. The lowest BCUT2D eigenvalue weighted by molar-refractivity contribution is -0.112. The van der Waals surface area contributed by atoms with Crippen LogP contribution in [0.3, 0.4) is 0 Å². The number of benzene rings is 3. The summed E-state index contributed by atoms with van der Waals surface area (Å²) < 4.78 is 40.0. The molecule has 8 heteroatoms. The van der Waals surface area contributed by atoms with Crippen molar-refractivity contribution < 1.29 is 27.8 Å². The number of amides is 1. The van der Waals surface area contributed by atoms with Crippen LogP contribution in [-0.4, -0.2) is 19.6 Å². The number of halogens is 2. The highest BCUT2D eigenvalue weighted by atomic mass is 19.3. The normalized spacial score (nSPS) is 10.9. The van der Waals surface area contributed by atoms with Gasteiger partial charge in [-0.2, -0.15) is 14.0 Å². The highest BCUT2D eigenvalue weighted by molar-refractivity contribution is 6.09. The first kappa shape index (κ1) is 22.3. The number of anilines is 1. The largest absolute Gasteiger partial charge is 0.493 e. The zero-order valence-corrected chi connectivity index (χ0v) is 16.9. The van der Waals surface area contributed by atoms with Gasteiger partial charge in [-0.05, 0) is 60.2 Å². The Morgan fingerprint density at radius 3 is 2.31 bits per heavy atom. The van der Waals surface area contributed by atoms with E-state index in [1.165, 1.54) is 31.4 Å². The molecule has 0 spiro atoms. The van der Waals surface area contributed by atoms with Crippen LogP contribution in [0.2, 0.25) is 0 Å². The van der Waals surface area contributed by atoms with E-state index in [-0.39, 0.29) is 17.1 Å². The quantitative estimate of drug-likeness (QED) is 0.365. The molecule has 1 N–H and O–H groups in total. The summed E-state index contributed by atoms with van der Waals surface area (Å²) in [5.41, 5.74) is 0.691. The molecule has 0 saturated carbocycles. The van der Waals surface area contributed by atoms with Crippen LogP contribution in [0.4, 0.5) is 14.5 Å². The van der Waals surface area contributed by atoms with E-state index >= 15 is 0 Å². The molecule has 162 valence electrons. The summed E-state index contributed by atoms with van der Waals surface area (Å²) in [4.78, 5) is 12.5. The minimum absolute atomic E-state index is 0.0470. The van der Waals surface area contributed by atoms with Crippen LogP contribution in [0.1, 0.15) is 5.56 Å². The Hall–Kier alpha value is -4.38. The van der Waals surface area contributed by atoms with Crippen LogP contribution >= 0.6 is 0 Å². The van der Waals surface area contributed by atoms with Gasteiger partial charge in [-0.3, -0.25) is 4.79 Å². The van der Waals surface area contributed by atoms with Crippen LogP contribution in [-0.2, 0) is 4.79 Å². The Bertz CT molecular complexity index is 1140. The van der Waals surface area contributed by atoms with Crippen LogP contribution < -0.4 is 19.5 Å². The third-order valence-corrected chi connectivity index (χ3v) is 4.17. The van der Waals surface area contributed by atoms with Gasteiger partial charge in [0.1, 0.15) is 23.1 Å². The SMILES string of the molecule is COc1cc(/C=C(/C#N)C(=O)Nc2ccc(Oc3ccccc3)cc2)ccc1OC(F)F. The molecular formula is C24H18F2N2O4. The van der Waals surface area contributed by atoms with Crippen molar-refractivity contribution in [1.82, 2.24) is 0 Å². The molecular weight excluding hydrogens is 418 g/mol. The summed E-state index contributed by atoms with van der Waals surface area (Å²) in [5, 5.41) is 12.0. The first-order valence-corrected chi connectivity index (χ1v) is 9.37. The molecule has 0 saturated heterocycles. The second kappa shape index (κ2) is 10.6. The third-order valence-electron chi connectivity index (χ3n) is 4.17. The number of methoxy groups -OCH3 is 1. The van der Waals surface area contributed by atoms with Crippen LogP contribution in [0, 0.1) is 11.3 Å². The van der Waals surface area contributed by atoms with E-state index in [1.807, 2.05) is 36.4 Å². The maximum atomic E-state index is 12.5. The van der Waals surface area contributed by atoms with Crippen molar-refractivity contribution >= 4 is 17.7 Å². The first-order valence-electron chi connectivity index (χ1n) is 9.37. The molecule has 3 aromatic rings. The zero-order chi connectivity index (χ0) is 22.9. The molecule has 0 aliphatic rings.